The second-order valence-corrected chi connectivity index (χ2v) is 9.03. The monoisotopic (exact) mass is 524 g/mol. The van der Waals surface area contributed by atoms with E-state index in [1.54, 1.807) is 4.90 Å². The van der Waals surface area contributed by atoms with E-state index in [1.807, 2.05) is 4.90 Å². The third kappa shape index (κ3) is 6.63. The van der Waals surface area contributed by atoms with Gasteiger partial charge in [0.1, 0.15) is 12.7 Å². The molecule has 1 aromatic rings. The van der Waals surface area contributed by atoms with Crippen molar-refractivity contribution in [1.29, 1.82) is 0 Å². The largest absolute Gasteiger partial charge is 0.463 e. The Bertz CT molecular complexity index is 1150. The Labute approximate surface area is 212 Å². The number of nitrogens with zero attached hydrogens (tertiary/aromatic N) is 3. The molecule has 1 N–H and O–H groups in total. The molecule has 0 saturated carbocycles. The lowest BCUT2D eigenvalue weighted by Crippen LogP contribution is -2.68. The van der Waals surface area contributed by atoms with E-state index in [0.29, 0.717) is 26.2 Å². The fraction of sp³-hybridized carbons (Fsp3) is 0.652. The average Bonchev–Trinajstić information content (AvgIpc) is 2.80. The summed E-state index contributed by atoms with van der Waals surface area (Å²) in [6.45, 7) is 7.64. The summed E-state index contributed by atoms with van der Waals surface area (Å²) in [5.74, 6) is -2.03. The van der Waals surface area contributed by atoms with Crippen LogP contribution in [0.2, 0.25) is 0 Å². The highest BCUT2D eigenvalue weighted by Crippen LogP contribution is 2.35. The summed E-state index contributed by atoms with van der Waals surface area (Å²) >= 11 is 0. The lowest BCUT2D eigenvalue weighted by Gasteiger charge is -2.50. The van der Waals surface area contributed by atoms with Crippen molar-refractivity contribution in [3.8, 4) is 0 Å². The van der Waals surface area contributed by atoms with Gasteiger partial charge in [-0.2, -0.15) is 0 Å². The predicted molar refractivity (Wildman–Crippen MR) is 125 cm³/mol. The normalized spacial score (nSPS) is 26.3. The first-order valence-electron chi connectivity index (χ1n) is 11.8. The maximum Gasteiger partial charge on any atom is 0.330 e. The van der Waals surface area contributed by atoms with Gasteiger partial charge in [0.05, 0.1) is 6.04 Å². The number of H-pyrrole nitrogens is 1. The van der Waals surface area contributed by atoms with Gasteiger partial charge in [-0.05, 0) is 6.92 Å². The Morgan fingerprint density at radius 3 is 2.08 bits per heavy atom. The van der Waals surface area contributed by atoms with Gasteiger partial charge in [-0.25, -0.2) is 4.79 Å². The molecule has 2 fully saturated rings. The number of piperazine rings is 1. The summed E-state index contributed by atoms with van der Waals surface area (Å²) in [6, 6.07) is -0.847. The zero-order valence-electron chi connectivity index (χ0n) is 21.4. The summed E-state index contributed by atoms with van der Waals surface area (Å²) in [6.07, 6.45) is -3.29. The van der Waals surface area contributed by atoms with Gasteiger partial charge in [0.15, 0.2) is 18.4 Å². The van der Waals surface area contributed by atoms with Crippen LogP contribution in [0.3, 0.4) is 0 Å². The number of carbonyl (C=O) groups is 4. The van der Waals surface area contributed by atoms with E-state index >= 15 is 0 Å². The molecule has 0 aliphatic carbocycles. The number of esters is 3. The smallest absolute Gasteiger partial charge is 0.330 e. The number of nitrogens with one attached hydrogen (secondary N) is 1. The lowest BCUT2D eigenvalue weighted by atomic mass is 9.92. The molecule has 0 unspecified atom stereocenters. The molecule has 0 bridgehead atoms. The van der Waals surface area contributed by atoms with E-state index in [0.717, 1.165) is 4.57 Å². The Kier molecular flexibility index (Phi) is 8.86. The molecule has 0 radical (unpaired) electrons. The Hall–Kier alpha value is -3.52. The lowest BCUT2D eigenvalue weighted by molar-refractivity contribution is -0.254. The van der Waals surface area contributed by atoms with Crippen LogP contribution >= 0.6 is 0 Å². The van der Waals surface area contributed by atoms with Crippen molar-refractivity contribution < 1.29 is 38.1 Å². The molecule has 3 heterocycles. The number of carbonyl (C=O) groups excluding carboxylic acids is 4. The summed E-state index contributed by atoms with van der Waals surface area (Å²) in [7, 11) is 0. The number of aromatic amines is 1. The second-order valence-electron chi connectivity index (χ2n) is 9.03. The molecule has 204 valence electrons. The maximum atomic E-state index is 12.8. The molecule has 1 aromatic heterocycles. The molecular formula is C23H32N4O10. The molecule has 3 rings (SSSR count). The first kappa shape index (κ1) is 28.1. The fourth-order valence-corrected chi connectivity index (χ4v) is 4.65. The van der Waals surface area contributed by atoms with Gasteiger partial charge in [0, 0.05) is 65.6 Å². The van der Waals surface area contributed by atoms with Crippen LogP contribution in [-0.4, -0.2) is 100 Å². The van der Waals surface area contributed by atoms with Crippen LogP contribution in [0.1, 0.15) is 39.5 Å². The van der Waals surface area contributed by atoms with Crippen LogP contribution < -0.4 is 11.2 Å². The number of amides is 1. The Morgan fingerprint density at radius 2 is 1.54 bits per heavy atom. The molecule has 2 aliphatic heterocycles. The number of hydrogen-bond acceptors (Lipinski definition) is 11. The standard InChI is InChI=1S/C23H32N4O10/c1-12-10-27(23(33)24-21(12)32)22-20(36-16(5)31)18(26-8-6-25(7-9-26)13(2)28)19(35-15(4)30)17(37-22)11-34-14(3)29/h10,17-20,22H,6-9,11H2,1-5H3,(H,24,32,33)/t17-,18-,19-,20+,22-/m1/s1. The van der Waals surface area contributed by atoms with Crippen molar-refractivity contribution in [1.82, 2.24) is 19.4 Å². The van der Waals surface area contributed by atoms with Gasteiger partial charge in [0.25, 0.3) is 5.56 Å². The SMILES string of the molecule is CC(=O)OC[C@H]1O[C@@H](n2cc(C)c(=O)[nH]c2=O)[C@@H](OC(C)=O)[C@H](N2CCN(C(C)=O)CC2)[C@@H]1OC(C)=O. The highest BCUT2D eigenvalue weighted by Gasteiger charge is 2.53. The summed E-state index contributed by atoms with van der Waals surface area (Å²) in [5.41, 5.74) is -1.20. The zero-order valence-corrected chi connectivity index (χ0v) is 21.4. The minimum Gasteiger partial charge on any atom is -0.463 e. The highest BCUT2D eigenvalue weighted by atomic mass is 16.6. The van der Waals surface area contributed by atoms with Crippen molar-refractivity contribution in [2.24, 2.45) is 0 Å². The highest BCUT2D eigenvalue weighted by molar-refractivity contribution is 5.73. The average molecular weight is 525 g/mol. The van der Waals surface area contributed by atoms with E-state index in [1.165, 1.54) is 40.8 Å². The van der Waals surface area contributed by atoms with E-state index in [9.17, 15) is 28.8 Å². The predicted octanol–water partition coefficient (Wildman–Crippen LogP) is -1.30. The van der Waals surface area contributed by atoms with E-state index < -0.39 is 59.7 Å². The molecular weight excluding hydrogens is 492 g/mol. The fourth-order valence-electron chi connectivity index (χ4n) is 4.65. The third-order valence-electron chi connectivity index (χ3n) is 6.29. The van der Waals surface area contributed by atoms with Gasteiger partial charge in [-0.15, -0.1) is 0 Å². The van der Waals surface area contributed by atoms with Crippen LogP contribution in [-0.2, 0) is 38.1 Å². The maximum absolute atomic E-state index is 12.8. The Balaban J connectivity index is 2.13. The molecule has 0 aromatic carbocycles. The molecule has 37 heavy (non-hydrogen) atoms. The van der Waals surface area contributed by atoms with Crippen LogP contribution in [0.25, 0.3) is 0 Å². The number of aromatic nitrogens is 2. The van der Waals surface area contributed by atoms with Gasteiger partial charge in [-0.1, -0.05) is 0 Å². The van der Waals surface area contributed by atoms with Crippen molar-refractivity contribution in [3.05, 3.63) is 32.6 Å². The minimum absolute atomic E-state index is 0.0967. The molecule has 1 amide bonds. The summed E-state index contributed by atoms with van der Waals surface area (Å²) < 4.78 is 23.7. The topological polar surface area (TPSA) is 167 Å². The van der Waals surface area contributed by atoms with E-state index in [-0.39, 0.29) is 18.1 Å². The number of ether oxygens (including phenoxy) is 4. The van der Waals surface area contributed by atoms with Crippen LogP contribution in [0, 0.1) is 6.92 Å². The van der Waals surface area contributed by atoms with Crippen molar-refractivity contribution in [2.75, 3.05) is 32.8 Å². The molecule has 2 aliphatic rings. The van der Waals surface area contributed by atoms with Crippen molar-refractivity contribution in [2.45, 2.75) is 65.2 Å². The van der Waals surface area contributed by atoms with Crippen molar-refractivity contribution >= 4 is 23.8 Å². The number of hydrogen-bond donors (Lipinski definition) is 1. The Morgan fingerprint density at radius 1 is 0.946 bits per heavy atom. The molecule has 0 spiro atoms. The van der Waals surface area contributed by atoms with Crippen LogP contribution in [0.15, 0.2) is 15.8 Å². The van der Waals surface area contributed by atoms with Crippen LogP contribution in [0.5, 0.6) is 0 Å². The number of rotatable bonds is 6. The zero-order chi connectivity index (χ0) is 27.4. The summed E-state index contributed by atoms with van der Waals surface area (Å²) in [4.78, 5) is 78.4. The third-order valence-corrected chi connectivity index (χ3v) is 6.29. The molecule has 14 nitrogen and oxygen atoms in total. The van der Waals surface area contributed by atoms with Gasteiger partial charge >= 0.3 is 23.6 Å². The molecule has 5 atom stereocenters. The second kappa shape index (κ2) is 11.7. The minimum atomic E-state index is -1.27. The van der Waals surface area contributed by atoms with Crippen LogP contribution in [0.4, 0.5) is 0 Å². The van der Waals surface area contributed by atoms with Gasteiger partial charge in [0.2, 0.25) is 5.91 Å². The van der Waals surface area contributed by atoms with Gasteiger partial charge in [-0.3, -0.25) is 38.4 Å². The van der Waals surface area contributed by atoms with Gasteiger partial charge < -0.3 is 23.8 Å². The molecule has 14 heteroatoms. The first-order chi connectivity index (χ1) is 17.4. The quantitative estimate of drug-likeness (QED) is 0.347. The van der Waals surface area contributed by atoms with E-state index in [4.69, 9.17) is 18.9 Å². The van der Waals surface area contributed by atoms with E-state index in [2.05, 4.69) is 4.98 Å². The number of aryl methyl sites for hydroxylation is 1. The summed E-state index contributed by atoms with van der Waals surface area (Å²) in [5, 5.41) is 0. The first-order valence-corrected chi connectivity index (χ1v) is 11.8. The van der Waals surface area contributed by atoms with Crippen molar-refractivity contribution in [3.63, 3.8) is 0 Å². The molecule has 2 saturated heterocycles.